The van der Waals surface area contributed by atoms with Crippen molar-refractivity contribution < 1.29 is 14.2 Å². The van der Waals surface area contributed by atoms with E-state index in [0.29, 0.717) is 43.0 Å². The SMILES string of the molecule is O=C(Nc1ccc2nonc2c1)N1CCOCC1. The van der Waals surface area contributed by atoms with Gasteiger partial charge in [0.25, 0.3) is 0 Å². The van der Waals surface area contributed by atoms with Crippen molar-refractivity contribution in [2.24, 2.45) is 0 Å². The minimum absolute atomic E-state index is 0.130. The Kier molecular flexibility index (Phi) is 2.81. The van der Waals surface area contributed by atoms with Crippen molar-refractivity contribution in [2.75, 3.05) is 31.6 Å². The van der Waals surface area contributed by atoms with Crippen LogP contribution in [0, 0.1) is 0 Å². The van der Waals surface area contributed by atoms with Crippen LogP contribution in [0.3, 0.4) is 0 Å². The average Bonchev–Trinajstić information content (AvgIpc) is 2.87. The van der Waals surface area contributed by atoms with Gasteiger partial charge in [-0.3, -0.25) is 0 Å². The van der Waals surface area contributed by atoms with E-state index in [-0.39, 0.29) is 6.03 Å². The maximum absolute atomic E-state index is 11.9. The number of amides is 2. The highest BCUT2D eigenvalue weighted by molar-refractivity contribution is 5.91. The van der Waals surface area contributed by atoms with Crippen molar-refractivity contribution in [3.63, 3.8) is 0 Å². The first kappa shape index (κ1) is 11.0. The summed E-state index contributed by atoms with van der Waals surface area (Å²) in [6.45, 7) is 2.39. The summed E-state index contributed by atoms with van der Waals surface area (Å²) < 4.78 is 9.80. The number of nitrogens with zero attached hydrogens (tertiary/aromatic N) is 3. The van der Waals surface area contributed by atoms with E-state index in [0.717, 1.165) is 0 Å². The van der Waals surface area contributed by atoms with Gasteiger partial charge in [0, 0.05) is 18.8 Å². The molecule has 2 amide bonds. The lowest BCUT2D eigenvalue weighted by Gasteiger charge is -2.26. The summed E-state index contributed by atoms with van der Waals surface area (Å²) >= 11 is 0. The van der Waals surface area contributed by atoms with Crippen LogP contribution >= 0.6 is 0 Å². The second-order valence-electron chi connectivity index (χ2n) is 4.00. The Morgan fingerprint density at radius 3 is 2.83 bits per heavy atom. The lowest BCUT2D eigenvalue weighted by molar-refractivity contribution is 0.0564. The van der Waals surface area contributed by atoms with Crippen molar-refractivity contribution in [3.8, 4) is 0 Å². The number of ether oxygens (including phenoxy) is 1. The molecular formula is C11H12N4O3. The largest absolute Gasteiger partial charge is 0.378 e. The topological polar surface area (TPSA) is 80.5 Å². The fourth-order valence-corrected chi connectivity index (χ4v) is 1.83. The number of nitrogens with one attached hydrogen (secondary N) is 1. The molecule has 1 aromatic carbocycles. The Morgan fingerprint density at radius 2 is 2.00 bits per heavy atom. The maximum Gasteiger partial charge on any atom is 0.322 e. The Labute approximate surface area is 103 Å². The third-order valence-electron chi connectivity index (χ3n) is 2.80. The Hall–Kier alpha value is -2.15. The molecule has 2 aromatic rings. The zero-order chi connectivity index (χ0) is 12.4. The van der Waals surface area contributed by atoms with Crippen LogP contribution in [0.25, 0.3) is 11.0 Å². The number of morpholine rings is 1. The second kappa shape index (κ2) is 4.61. The first-order valence-corrected chi connectivity index (χ1v) is 5.69. The normalized spacial score (nSPS) is 15.9. The number of carbonyl (C=O) groups excluding carboxylic acids is 1. The van der Waals surface area contributed by atoms with Gasteiger partial charge in [0.05, 0.1) is 13.2 Å². The summed E-state index contributed by atoms with van der Waals surface area (Å²) in [7, 11) is 0. The molecule has 2 heterocycles. The molecule has 0 aliphatic carbocycles. The zero-order valence-electron chi connectivity index (χ0n) is 9.63. The Bertz CT molecular complexity index is 562. The van der Waals surface area contributed by atoms with Crippen LogP contribution in [0.5, 0.6) is 0 Å². The molecule has 0 saturated carbocycles. The summed E-state index contributed by atoms with van der Waals surface area (Å²) in [4.78, 5) is 13.7. The van der Waals surface area contributed by atoms with Crippen LogP contribution in [0.1, 0.15) is 0 Å². The number of rotatable bonds is 1. The summed E-state index contributed by atoms with van der Waals surface area (Å²) in [6.07, 6.45) is 0. The van der Waals surface area contributed by atoms with E-state index in [1.165, 1.54) is 0 Å². The molecule has 1 aromatic heterocycles. The van der Waals surface area contributed by atoms with Gasteiger partial charge in [-0.1, -0.05) is 0 Å². The fourth-order valence-electron chi connectivity index (χ4n) is 1.83. The Morgan fingerprint density at radius 1 is 1.22 bits per heavy atom. The predicted octanol–water partition coefficient (Wildman–Crippen LogP) is 1.09. The number of aromatic nitrogens is 2. The summed E-state index contributed by atoms with van der Waals surface area (Å²) in [5.74, 6) is 0. The fraction of sp³-hybridized carbons (Fsp3) is 0.364. The highest BCUT2D eigenvalue weighted by Crippen LogP contribution is 2.16. The molecule has 0 spiro atoms. The number of urea groups is 1. The second-order valence-corrected chi connectivity index (χ2v) is 4.00. The van der Waals surface area contributed by atoms with Gasteiger partial charge in [-0.05, 0) is 28.5 Å². The van der Waals surface area contributed by atoms with Gasteiger partial charge in [-0.2, -0.15) is 0 Å². The van der Waals surface area contributed by atoms with Gasteiger partial charge < -0.3 is 15.0 Å². The van der Waals surface area contributed by atoms with Crippen LogP contribution in [0.4, 0.5) is 10.5 Å². The predicted molar refractivity (Wildman–Crippen MR) is 63.2 cm³/mol. The van der Waals surface area contributed by atoms with Gasteiger partial charge >= 0.3 is 6.03 Å². The zero-order valence-corrected chi connectivity index (χ0v) is 9.63. The van der Waals surface area contributed by atoms with Crippen molar-refractivity contribution in [3.05, 3.63) is 18.2 Å². The van der Waals surface area contributed by atoms with Gasteiger partial charge in [0.15, 0.2) is 0 Å². The third kappa shape index (κ3) is 2.12. The molecule has 18 heavy (non-hydrogen) atoms. The van der Waals surface area contributed by atoms with Crippen LogP contribution in [-0.2, 0) is 4.74 Å². The molecule has 0 atom stereocenters. The van der Waals surface area contributed by atoms with E-state index in [1.54, 1.807) is 23.1 Å². The van der Waals surface area contributed by atoms with E-state index < -0.39 is 0 Å². The highest BCUT2D eigenvalue weighted by Gasteiger charge is 2.16. The van der Waals surface area contributed by atoms with Crippen molar-refractivity contribution in [2.45, 2.75) is 0 Å². The summed E-state index contributed by atoms with van der Waals surface area (Å²) in [5.41, 5.74) is 1.96. The molecule has 1 fully saturated rings. The molecule has 1 saturated heterocycles. The molecule has 7 heteroatoms. The van der Waals surface area contributed by atoms with E-state index in [2.05, 4.69) is 20.3 Å². The lowest BCUT2D eigenvalue weighted by Crippen LogP contribution is -2.43. The summed E-state index contributed by atoms with van der Waals surface area (Å²) in [5, 5.41) is 10.2. The minimum atomic E-state index is -0.130. The first-order valence-electron chi connectivity index (χ1n) is 5.69. The van der Waals surface area contributed by atoms with E-state index in [9.17, 15) is 4.79 Å². The molecule has 94 valence electrons. The van der Waals surface area contributed by atoms with E-state index in [4.69, 9.17) is 4.74 Å². The Balaban J connectivity index is 1.72. The minimum Gasteiger partial charge on any atom is -0.378 e. The molecule has 1 aliphatic heterocycles. The van der Waals surface area contributed by atoms with Crippen molar-refractivity contribution in [1.29, 1.82) is 0 Å². The van der Waals surface area contributed by atoms with Gasteiger partial charge in [-0.15, -0.1) is 0 Å². The average molecular weight is 248 g/mol. The van der Waals surface area contributed by atoms with Crippen LogP contribution in [0.15, 0.2) is 22.8 Å². The van der Waals surface area contributed by atoms with Crippen molar-refractivity contribution >= 4 is 22.8 Å². The highest BCUT2D eigenvalue weighted by atomic mass is 16.6. The molecule has 1 N–H and O–H groups in total. The quantitative estimate of drug-likeness (QED) is 0.817. The number of anilines is 1. The maximum atomic E-state index is 11.9. The van der Waals surface area contributed by atoms with Gasteiger partial charge in [0.2, 0.25) is 0 Å². The van der Waals surface area contributed by atoms with E-state index >= 15 is 0 Å². The van der Waals surface area contributed by atoms with Crippen LogP contribution < -0.4 is 5.32 Å². The van der Waals surface area contributed by atoms with Crippen LogP contribution in [0.2, 0.25) is 0 Å². The number of carbonyl (C=O) groups is 1. The molecule has 1 aliphatic rings. The van der Waals surface area contributed by atoms with Crippen molar-refractivity contribution in [1.82, 2.24) is 15.2 Å². The molecule has 7 nitrogen and oxygen atoms in total. The summed E-state index contributed by atoms with van der Waals surface area (Å²) in [6, 6.07) is 5.12. The molecule has 0 radical (unpaired) electrons. The number of hydrogen-bond acceptors (Lipinski definition) is 5. The van der Waals surface area contributed by atoms with Crippen LogP contribution in [-0.4, -0.2) is 47.5 Å². The molecule has 3 rings (SSSR count). The monoisotopic (exact) mass is 248 g/mol. The molecular weight excluding hydrogens is 236 g/mol. The lowest BCUT2D eigenvalue weighted by atomic mass is 10.3. The van der Waals surface area contributed by atoms with Gasteiger partial charge in [0.1, 0.15) is 11.0 Å². The van der Waals surface area contributed by atoms with E-state index in [1.807, 2.05) is 0 Å². The number of benzene rings is 1. The molecule has 0 unspecified atom stereocenters. The number of hydrogen-bond donors (Lipinski definition) is 1. The molecule has 0 bridgehead atoms. The third-order valence-corrected chi connectivity index (χ3v) is 2.80. The first-order chi connectivity index (χ1) is 8.83. The van der Waals surface area contributed by atoms with Gasteiger partial charge in [-0.25, -0.2) is 9.42 Å². The standard InChI is InChI=1S/C11H12N4O3/c16-11(15-3-5-17-6-4-15)12-8-1-2-9-10(7-8)14-18-13-9/h1-2,7H,3-6H2,(H,12,16). The smallest absolute Gasteiger partial charge is 0.322 e. The number of fused-ring (bicyclic) bond motifs is 1.